The summed E-state index contributed by atoms with van der Waals surface area (Å²) in [5.41, 5.74) is -0.136. The largest absolute Gasteiger partial charge is 0.496 e. The molecule has 0 spiro atoms. The van der Waals surface area contributed by atoms with Gasteiger partial charge in [-0.05, 0) is 24.3 Å². The van der Waals surface area contributed by atoms with Crippen molar-refractivity contribution in [1.82, 2.24) is 0 Å². The number of nitro groups is 1. The average Bonchev–Trinajstić information content (AvgIpc) is 2.47. The van der Waals surface area contributed by atoms with Crippen LogP contribution in [-0.4, -0.2) is 12.0 Å². The second kappa shape index (κ2) is 6.41. The van der Waals surface area contributed by atoms with Crippen molar-refractivity contribution in [3.8, 4) is 17.2 Å². The van der Waals surface area contributed by atoms with Gasteiger partial charge in [-0.3, -0.25) is 10.1 Å². The zero-order valence-electron chi connectivity index (χ0n) is 11.0. The summed E-state index contributed by atoms with van der Waals surface area (Å²) in [5.74, 6) is -0.188. The molecular formula is C14H11ClFNO4. The second-order valence-corrected chi connectivity index (χ2v) is 4.31. The van der Waals surface area contributed by atoms with Crippen LogP contribution in [0.1, 0.15) is 5.56 Å². The first-order chi connectivity index (χ1) is 10.1. The molecule has 2 rings (SSSR count). The van der Waals surface area contributed by atoms with E-state index in [0.29, 0.717) is 5.75 Å². The van der Waals surface area contributed by atoms with E-state index in [9.17, 15) is 14.5 Å². The molecule has 0 aliphatic rings. The fourth-order valence-corrected chi connectivity index (χ4v) is 2.00. The molecule has 0 saturated heterocycles. The number of methoxy groups -OCH3 is 1. The molecule has 0 aliphatic carbocycles. The molecule has 5 nitrogen and oxygen atoms in total. The molecule has 2 aromatic rings. The van der Waals surface area contributed by atoms with Gasteiger partial charge < -0.3 is 9.47 Å². The normalized spacial score (nSPS) is 10.2. The van der Waals surface area contributed by atoms with Gasteiger partial charge in [0.2, 0.25) is 5.75 Å². The number of nitrogens with zero attached hydrogens (tertiary/aromatic N) is 1. The Hall–Kier alpha value is -2.34. The van der Waals surface area contributed by atoms with Gasteiger partial charge in [-0.25, -0.2) is 4.39 Å². The van der Waals surface area contributed by atoms with Gasteiger partial charge >= 0.3 is 5.69 Å². The highest BCUT2D eigenvalue weighted by Crippen LogP contribution is 2.36. The molecule has 0 aromatic heterocycles. The van der Waals surface area contributed by atoms with Crippen LogP contribution in [0.2, 0.25) is 0 Å². The minimum Gasteiger partial charge on any atom is -0.496 e. The number of ether oxygens (including phenoxy) is 2. The molecule has 0 fully saturated rings. The summed E-state index contributed by atoms with van der Waals surface area (Å²) >= 11 is 5.68. The molecule has 21 heavy (non-hydrogen) atoms. The van der Waals surface area contributed by atoms with E-state index >= 15 is 0 Å². The first-order valence-electron chi connectivity index (χ1n) is 5.90. The first kappa shape index (κ1) is 15.1. The molecule has 0 N–H and O–H groups in total. The van der Waals surface area contributed by atoms with Crippen LogP contribution in [0, 0.1) is 15.9 Å². The summed E-state index contributed by atoms with van der Waals surface area (Å²) in [6.45, 7) is 0. The number of alkyl halides is 1. The molecule has 0 saturated carbocycles. The Bertz CT molecular complexity index is 678. The van der Waals surface area contributed by atoms with Crippen molar-refractivity contribution in [2.75, 3.05) is 7.11 Å². The number of nitro benzene ring substituents is 1. The van der Waals surface area contributed by atoms with E-state index < -0.39 is 10.7 Å². The van der Waals surface area contributed by atoms with E-state index in [-0.39, 0.29) is 28.6 Å². The van der Waals surface area contributed by atoms with Gasteiger partial charge in [-0.2, -0.15) is 0 Å². The Morgan fingerprint density at radius 2 is 2.05 bits per heavy atom. The van der Waals surface area contributed by atoms with E-state index in [1.54, 1.807) is 0 Å². The lowest BCUT2D eigenvalue weighted by Gasteiger charge is -2.11. The summed E-state index contributed by atoms with van der Waals surface area (Å²) in [6.07, 6.45) is 0. The third-order valence-electron chi connectivity index (χ3n) is 2.79. The highest BCUT2D eigenvalue weighted by molar-refractivity contribution is 6.17. The van der Waals surface area contributed by atoms with Gasteiger partial charge in [0, 0.05) is 5.56 Å². The predicted molar refractivity (Wildman–Crippen MR) is 75.7 cm³/mol. The molecule has 0 heterocycles. The Kier molecular flexibility index (Phi) is 4.59. The topological polar surface area (TPSA) is 61.6 Å². The van der Waals surface area contributed by atoms with E-state index in [1.807, 2.05) is 0 Å². The van der Waals surface area contributed by atoms with Crippen molar-refractivity contribution >= 4 is 17.3 Å². The summed E-state index contributed by atoms with van der Waals surface area (Å²) in [4.78, 5) is 10.5. The van der Waals surface area contributed by atoms with Gasteiger partial charge in [0.15, 0.2) is 0 Å². The lowest BCUT2D eigenvalue weighted by atomic mass is 10.2. The van der Waals surface area contributed by atoms with Crippen molar-refractivity contribution < 1.29 is 18.8 Å². The lowest BCUT2D eigenvalue weighted by Crippen LogP contribution is -1.97. The summed E-state index contributed by atoms with van der Waals surface area (Å²) < 4.78 is 24.0. The summed E-state index contributed by atoms with van der Waals surface area (Å²) in [7, 11) is 1.40. The first-order valence-corrected chi connectivity index (χ1v) is 6.44. The Balaban J connectivity index is 2.44. The Labute approximate surface area is 125 Å². The maximum Gasteiger partial charge on any atom is 0.315 e. The van der Waals surface area contributed by atoms with Gasteiger partial charge in [-0.1, -0.05) is 6.07 Å². The summed E-state index contributed by atoms with van der Waals surface area (Å²) in [6, 6.07) is 8.31. The minimum absolute atomic E-state index is 0.0160. The number of hydrogen-bond donors (Lipinski definition) is 0. The number of rotatable bonds is 5. The summed E-state index contributed by atoms with van der Waals surface area (Å²) in [5, 5.41) is 11.1. The molecule has 0 radical (unpaired) electrons. The van der Waals surface area contributed by atoms with Crippen molar-refractivity contribution in [2.45, 2.75) is 5.88 Å². The molecule has 0 unspecified atom stereocenters. The quantitative estimate of drug-likeness (QED) is 0.470. The van der Waals surface area contributed by atoms with Crippen molar-refractivity contribution in [3.63, 3.8) is 0 Å². The maximum atomic E-state index is 13.6. The predicted octanol–water partition coefficient (Wildman–Crippen LogP) is 4.27. The van der Waals surface area contributed by atoms with Crippen LogP contribution in [0.15, 0.2) is 36.4 Å². The zero-order chi connectivity index (χ0) is 15.4. The number of benzene rings is 2. The number of halogens is 2. The minimum atomic E-state index is -0.600. The molecule has 0 atom stereocenters. The second-order valence-electron chi connectivity index (χ2n) is 4.04. The maximum absolute atomic E-state index is 13.6. The van der Waals surface area contributed by atoms with Crippen LogP contribution >= 0.6 is 11.6 Å². The van der Waals surface area contributed by atoms with Crippen LogP contribution in [0.3, 0.4) is 0 Å². The van der Waals surface area contributed by atoms with Crippen LogP contribution in [0.25, 0.3) is 0 Å². The molecular weight excluding hydrogens is 301 g/mol. The molecule has 2 aromatic carbocycles. The van der Waals surface area contributed by atoms with E-state index in [2.05, 4.69) is 0 Å². The van der Waals surface area contributed by atoms with Gasteiger partial charge in [-0.15, -0.1) is 11.6 Å². The van der Waals surface area contributed by atoms with Gasteiger partial charge in [0.25, 0.3) is 0 Å². The molecule has 0 aliphatic heterocycles. The molecule has 0 bridgehead atoms. The van der Waals surface area contributed by atoms with Gasteiger partial charge in [0.1, 0.15) is 17.3 Å². The highest BCUT2D eigenvalue weighted by atomic mass is 35.5. The Morgan fingerprint density at radius 1 is 1.29 bits per heavy atom. The van der Waals surface area contributed by atoms with Crippen LogP contribution < -0.4 is 9.47 Å². The smallest absolute Gasteiger partial charge is 0.315 e. The SMILES string of the molecule is COc1ccc(Oc2cccc(F)c2CCl)c([N+](=O)[O-])c1. The standard InChI is InChI=1S/C14H11ClFNO4/c1-20-9-5-6-14(12(7-9)17(18)19)21-13-4-2-3-11(16)10(13)8-15/h2-7H,8H2,1H3. The number of hydrogen-bond acceptors (Lipinski definition) is 4. The van der Waals surface area contributed by atoms with Crippen molar-refractivity contribution in [3.05, 3.63) is 57.9 Å². The highest BCUT2D eigenvalue weighted by Gasteiger charge is 2.19. The molecule has 7 heteroatoms. The zero-order valence-corrected chi connectivity index (χ0v) is 11.8. The molecule has 0 amide bonds. The monoisotopic (exact) mass is 311 g/mol. The van der Waals surface area contributed by atoms with E-state index in [1.165, 1.54) is 43.5 Å². The third kappa shape index (κ3) is 3.22. The van der Waals surface area contributed by atoms with Crippen LogP contribution in [0.4, 0.5) is 10.1 Å². The van der Waals surface area contributed by atoms with Crippen LogP contribution in [-0.2, 0) is 5.88 Å². The third-order valence-corrected chi connectivity index (χ3v) is 3.06. The average molecular weight is 312 g/mol. The lowest BCUT2D eigenvalue weighted by molar-refractivity contribution is -0.385. The molecule has 110 valence electrons. The van der Waals surface area contributed by atoms with Crippen LogP contribution in [0.5, 0.6) is 17.2 Å². The Morgan fingerprint density at radius 3 is 2.67 bits per heavy atom. The van der Waals surface area contributed by atoms with E-state index in [0.717, 1.165) is 0 Å². The van der Waals surface area contributed by atoms with Crippen molar-refractivity contribution in [1.29, 1.82) is 0 Å². The van der Waals surface area contributed by atoms with Crippen molar-refractivity contribution in [2.24, 2.45) is 0 Å². The van der Waals surface area contributed by atoms with E-state index in [4.69, 9.17) is 21.1 Å². The fourth-order valence-electron chi connectivity index (χ4n) is 1.74. The van der Waals surface area contributed by atoms with Gasteiger partial charge in [0.05, 0.1) is 24.0 Å². The fraction of sp³-hybridized carbons (Fsp3) is 0.143.